The van der Waals surface area contributed by atoms with Crippen LogP contribution in [-0.4, -0.2) is 30.5 Å². The van der Waals surface area contributed by atoms with Crippen LogP contribution in [0.25, 0.3) is 10.6 Å². The van der Waals surface area contributed by atoms with Gasteiger partial charge in [-0.25, -0.2) is 13.1 Å². The van der Waals surface area contributed by atoms with Crippen LogP contribution in [0.4, 0.5) is 0 Å². The van der Waals surface area contributed by atoms with E-state index in [1.165, 1.54) is 31.2 Å². The lowest BCUT2D eigenvalue weighted by Crippen LogP contribution is -2.28. The highest BCUT2D eigenvalue weighted by atomic mass is 32.2. The lowest BCUT2D eigenvalue weighted by molar-refractivity contribution is 0.101. The number of benzene rings is 1. The van der Waals surface area contributed by atoms with Crippen molar-refractivity contribution < 1.29 is 13.2 Å². The maximum Gasteiger partial charge on any atom is 0.240 e. The third-order valence-corrected chi connectivity index (χ3v) is 6.31. The minimum Gasteiger partial charge on any atom is -0.295 e. The van der Waals surface area contributed by atoms with Crippen LogP contribution in [0.2, 0.25) is 0 Å². The Labute approximate surface area is 156 Å². The van der Waals surface area contributed by atoms with E-state index in [1.807, 2.05) is 30.5 Å². The van der Waals surface area contributed by atoms with E-state index in [1.54, 1.807) is 16.0 Å². The summed E-state index contributed by atoms with van der Waals surface area (Å²) in [6, 6.07) is 11.9. The molecule has 1 aromatic carbocycles. The second-order valence-electron chi connectivity index (χ2n) is 5.85. The number of carbonyl (C=O) groups excluding carboxylic acids is 1. The Hall–Kier alpha value is -2.29. The molecule has 0 spiro atoms. The molecule has 8 heteroatoms. The number of thiophene rings is 1. The van der Waals surface area contributed by atoms with Gasteiger partial charge in [0.1, 0.15) is 5.69 Å². The van der Waals surface area contributed by atoms with Crippen LogP contribution in [-0.2, 0) is 16.6 Å². The summed E-state index contributed by atoms with van der Waals surface area (Å²) in [5, 5.41) is 6.53. The predicted octanol–water partition coefficient (Wildman–Crippen LogP) is 3.10. The number of nitrogens with zero attached hydrogens (tertiary/aromatic N) is 2. The summed E-state index contributed by atoms with van der Waals surface area (Å²) < 4.78 is 29.1. The summed E-state index contributed by atoms with van der Waals surface area (Å²) in [6.45, 7) is 4.04. The summed E-state index contributed by atoms with van der Waals surface area (Å²) in [5.41, 5.74) is 2.34. The van der Waals surface area contributed by atoms with E-state index in [9.17, 15) is 13.2 Å². The van der Waals surface area contributed by atoms with Gasteiger partial charge in [0.05, 0.1) is 16.3 Å². The van der Waals surface area contributed by atoms with Gasteiger partial charge in [-0.3, -0.25) is 9.48 Å². The van der Waals surface area contributed by atoms with Gasteiger partial charge in [0, 0.05) is 17.8 Å². The number of sulfonamides is 1. The monoisotopic (exact) mass is 389 g/mol. The molecule has 0 saturated carbocycles. The molecule has 3 aromatic rings. The number of ketones is 1. The van der Waals surface area contributed by atoms with E-state index < -0.39 is 10.0 Å². The fourth-order valence-electron chi connectivity index (χ4n) is 2.52. The average molecular weight is 390 g/mol. The Morgan fingerprint density at radius 1 is 1.23 bits per heavy atom. The Balaban J connectivity index is 1.64. The van der Waals surface area contributed by atoms with E-state index in [4.69, 9.17) is 0 Å². The third-order valence-electron chi connectivity index (χ3n) is 3.94. The van der Waals surface area contributed by atoms with Crippen molar-refractivity contribution in [1.29, 1.82) is 0 Å². The molecule has 0 amide bonds. The molecule has 0 fully saturated rings. The Kier molecular flexibility index (Phi) is 5.36. The molecule has 0 bridgehead atoms. The van der Waals surface area contributed by atoms with Crippen molar-refractivity contribution in [3.8, 4) is 10.6 Å². The van der Waals surface area contributed by atoms with E-state index in [2.05, 4.69) is 9.82 Å². The molecule has 2 heterocycles. The van der Waals surface area contributed by atoms with Crippen LogP contribution < -0.4 is 4.72 Å². The van der Waals surface area contributed by atoms with Gasteiger partial charge in [-0.1, -0.05) is 18.2 Å². The molecule has 0 atom stereocenters. The number of rotatable bonds is 7. The number of hydrogen-bond donors (Lipinski definition) is 1. The van der Waals surface area contributed by atoms with E-state index in [0.717, 1.165) is 16.3 Å². The second-order valence-corrected chi connectivity index (χ2v) is 8.56. The summed E-state index contributed by atoms with van der Waals surface area (Å²) in [7, 11) is -3.62. The van der Waals surface area contributed by atoms with Gasteiger partial charge in [0.2, 0.25) is 10.0 Å². The largest absolute Gasteiger partial charge is 0.295 e. The summed E-state index contributed by atoms with van der Waals surface area (Å²) in [5.74, 6) is -0.0994. The minimum atomic E-state index is -3.62. The molecule has 0 radical (unpaired) electrons. The zero-order valence-corrected chi connectivity index (χ0v) is 16.1. The molecule has 6 nitrogen and oxygen atoms in total. The molecule has 136 valence electrons. The van der Waals surface area contributed by atoms with Crippen LogP contribution in [0.3, 0.4) is 0 Å². The van der Waals surface area contributed by atoms with E-state index in [0.29, 0.717) is 12.1 Å². The smallest absolute Gasteiger partial charge is 0.240 e. The maximum absolute atomic E-state index is 12.4. The molecule has 3 rings (SSSR count). The van der Waals surface area contributed by atoms with Crippen molar-refractivity contribution in [2.24, 2.45) is 0 Å². The average Bonchev–Trinajstić information content (AvgIpc) is 3.25. The van der Waals surface area contributed by atoms with Crippen molar-refractivity contribution in [2.75, 3.05) is 6.54 Å². The highest BCUT2D eigenvalue weighted by molar-refractivity contribution is 7.89. The highest BCUT2D eigenvalue weighted by Gasteiger charge is 2.14. The number of carbonyl (C=O) groups is 1. The molecule has 0 aliphatic rings. The molecule has 1 N–H and O–H groups in total. The SMILES string of the molecule is CC(=O)c1ccc(S(=O)(=O)NCCn2nc(-c3cccs3)cc2C)cc1. The molecule has 26 heavy (non-hydrogen) atoms. The molecular formula is C18H19N3O3S2. The number of aryl methyl sites for hydroxylation is 1. The lowest BCUT2D eigenvalue weighted by atomic mass is 10.2. The molecule has 2 aromatic heterocycles. The van der Waals surface area contributed by atoms with E-state index in [-0.39, 0.29) is 17.2 Å². The van der Waals surface area contributed by atoms with Crippen molar-refractivity contribution in [1.82, 2.24) is 14.5 Å². The number of nitrogens with one attached hydrogen (secondary N) is 1. The number of Topliss-reactive ketones (excluding diaryl/α,β-unsaturated/α-hetero) is 1. The molecule has 0 aliphatic heterocycles. The van der Waals surface area contributed by atoms with Crippen LogP contribution in [0, 0.1) is 6.92 Å². The van der Waals surface area contributed by atoms with Gasteiger partial charge >= 0.3 is 0 Å². The minimum absolute atomic E-state index is 0.0994. The van der Waals surface area contributed by atoms with Crippen LogP contribution >= 0.6 is 11.3 Å². The normalized spacial score (nSPS) is 11.6. The van der Waals surface area contributed by atoms with E-state index >= 15 is 0 Å². The zero-order chi connectivity index (χ0) is 18.7. The number of aromatic nitrogens is 2. The Morgan fingerprint density at radius 2 is 1.96 bits per heavy atom. The molecule has 0 unspecified atom stereocenters. The van der Waals surface area contributed by atoms with Gasteiger partial charge in [-0.2, -0.15) is 5.10 Å². The van der Waals surface area contributed by atoms with Crippen molar-refractivity contribution in [3.63, 3.8) is 0 Å². The summed E-state index contributed by atoms with van der Waals surface area (Å²) in [4.78, 5) is 12.5. The Bertz CT molecular complexity index is 1000. The second kappa shape index (κ2) is 7.53. The molecular weight excluding hydrogens is 370 g/mol. The summed E-state index contributed by atoms with van der Waals surface area (Å²) >= 11 is 1.62. The van der Waals surface area contributed by atoms with Gasteiger partial charge in [0.15, 0.2) is 5.78 Å². The third kappa shape index (κ3) is 4.09. The fourth-order valence-corrected chi connectivity index (χ4v) is 4.22. The van der Waals surface area contributed by atoms with Gasteiger partial charge in [-0.15, -0.1) is 11.3 Å². The van der Waals surface area contributed by atoms with Gasteiger partial charge in [0.25, 0.3) is 0 Å². The fraction of sp³-hybridized carbons (Fsp3) is 0.222. The first-order valence-corrected chi connectivity index (χ1v) is 10.4. The first-order valence-electron chi connectivity index (χ1n) is 8.06. The molecule has 0 saturated heterocycles. The van der Waals surface area contributed by atoms with Gasteiger partial charge < -0.3 is 0 Å². The highest BCUT2D eigenvalue weighted by Crippen LogP contribution is 2.23. The number of hydrogen-bond acceptors (Lipinski definition) is 5. The first-order chi connectivity index (χ1) is 12.4. The van der Waals surface area contributed by atoms with Crippen molar-refractivity contribution in [3.05, 3.63) is 59.1 Å². The quantitative estimate of drug-likeness (QED) is 0.630. The first kappa shape index (κ1) is 18.5. The lowest BCUT2D eigenvalue weighted by Gasteiger charge is -2.08. The predicted molar refractivity (Wildman–Crippen MR) is 102 cm³/mol. The van der Waals surface area contributed by atoms with Crippen LogP contribution in [0.15, 0.2) is 52.7 Å². The standard InChI is InChI=1S/C18H19N3O3S2/c1-13-12-17(18-4-3-11-25-18)20-21(13)10-9-19-26(23,24)16-7-5-15(6-8-16)14(2)22/h3-8,11-12,19H,9-10H2,1-2H3. The van der Waals surface area contributed by atoms with Crippen LogP contribution in [0.1, 0.15) is 23.0 Å². The summed E-state index contributed by atoms with van der Waals surface area (Å²) in [6.07, 6.45) is 0. The van der Waals surface area contributed by atoms with Crippen molar-refractivity contribution >= 4 is 27.1 Å². The zero-order valence-electron chi connectivity index (χ0n) is 14.5. The maximum atomic E-state index is 12.4. The van der Waals surface area contributed by atoms with Gasteiger partial charge in [-0.05, 0) is 43.5 Å². The van der Waals surface area contributed by atoms with Crippen LogP contribution in [0.5, 0.6) is 0 Å². The Morgan fingerprint density at radius 3 is 2.58 bits per heavy atom. The molecule has 0 aliphatic carbocycles. The van der Waals surface area contributed by atoms with Crippen molar-refractivity contribution in [2.45, 2.75) is 25.3 Å². The topological polar surface area (TPSA) is 81.1 Å².